The molecule has 0 aromatic heterocycles. The van der Waals surface area contributed by atoms with E-state index in [0.29, 0.717) is 12.5 Å². The number of benzene rings is 1. The summed E-state index contributed by atoms with van der Waals surface area (Å²) in [5.41, 5.74) is 1.13. The molecule has 4 nitrogen and oxygen atoms in total. The van der Waals surface area contributed by atoms with Gasteiger partial charge in [-0.05, 0) is 23.6 Å². The van der Waals surface area contributed by atoms with E-state index in [9.17, 15) is 8.42 Å². The molecule has 0 spiro atoms. The molecule has 0 saturated carbocycles. The average molecular weight is 287 g/mol. The lowest BCUT2D eigenvalue weighted by molar-refractivity contribution is 0.204. The summed E-state index contributed by atoms with van der Waals surface area (Å²) in [6.45, 7) is 8.79. The van der Waals surface area contributed by atoms with Crippen molar-refractivity contribution in [1.82, 2.24) is 4.72 Å². The topological polar surface area (TPSA) is 55.4 Å². The van der Waals surface area contributed by atoms with E-state index in [1.165, 1.54) is 7.11 Å². The molecule has 0 aliphatic rings. The molecule has 1 aromatic rings. The van der Waals surface area contributed by atoms with Crippen LogP contribution in [-0.4, -0.2) is 28.7 Å². The predicted molar refractivity (Wildman–Crippen MR) is 78.9 cm³/mol. The van der Waals surface area contributed by atoms with E-state index in [4.69, 9.17) is 4.74 Å². The summed E-state index contributed by atoms with van der Waals surface area (Å²) >= 11 is 0. The van der Waals surface area contributed by atoms with Gasteiger partial charge in [-0.1, -0.05) is 39.8 Å². The zero-order valence-corrected chi connectivity index (χ0v) is 13.3. The highest BCUT2D eigenvalue weighted by molar-refractivity contribution is 7.89. The lowest BCUT2D eigenvalue weighted by Gasteiger charge is -2.08. The van der Waals surface area contributed by atoms with Crippen molar-refractivity contribution in [3.8, 4) is 0 Å². The van der Waals surface area contributed by atoms with Gasteiger partial charge in [0.1, 0.15) is 0 Å². The molecule has 1 aromatic carbocycles. The molecule has 0 fully saturated rings. The van der Waals surface area contributed by atoms with Crippen molar-refractivity contribution in [3.05, 3.63) is 29.8 Å². The van der Waals surface area contributed by atoms with Crippen LogP contribution < -0.4 is 4.72 Å². The minimum absolute atomic E-state index is 0.283. The van der Waals surface area contributed by atoms with E-state index < -0.39 is 10.0 Å². The number of methoxy groups -OCH3 is 1. The Hall–Kier alpha value is -0.910. The van der Waals surface area contributed by atoms with Crippen molar-refractivity contribution >= 4 is 10.0 Å². The first kappa shape index (κ1) is 18.1. The summed E-state index contributed by atoms with van der Waals surface area (Å²) < 4.78 is 30.9. The summed E-state index contributed by atoms with van der Waals surface area (Å²) in [6, 6.07) is 6.94. The van der Waals surface area contributed by atoms with Gasteiger partial charge >= 0.3 is 0 Å². The summed E-state index contributed by atoms with van der Waals surface area (Å²) in [5, 5.41) is 0. The maximum absolute atomic E-state index is 11.8. The molecule has 19 heavy (non-hydrogen) atoms. The fourth-order valence-corrected chi connectivity index (χ4v) is 2.41. The summed E-state index contributed by atoms with van der Waals surface area (Å²) in [6.07, 6.45) is 0. The van der Waals surface area contributed by atoms with Crippen molar-refractivity contribution in [2.75, 3.05) is 20.3 Å². The lowest BCUT2D eigenvalue weighted by Crippen LogP contribution is -2.27. The molecule has 0 saturated heterocycles. The van der Waals surface area contributed by atoms with E-state index in [1.807, 2.05) is 26.0 Å². The second kappa shape index (κ2) is 9.07. The number of hydrogen-bond donors (Lipinski definition) is 1. The molecule has 0 unspecified atom stereocenters. The van der Waals surface area contributed by atoms with Gasteiger partial charge in [0.05, 0.1) is 11.5 Å². The Balaban J connectivity index is 0.00000154. The van der Waals surface area contributed by atoms with Crippen molar-refractivity contribution in [3.63, 3.8) is 0 Å². The van der Waals surface area contributed by atoms with Gasteiger partial charge in [0.25, 0.3) is 0 Å². The molecular formula is C14H25NO3S. The largest absolute Gasteiger partial charge is 0.383 e. The van der Waals surface area contributed by atoms with Gasteiger partial charge in [0.15, 0.2) is 0 Å². The molecule has 1 rings (SSSR count). The molecule has 0 amide bonds. The zero-order valence-electron chi connectivity index (χ0n) is 12.4. The number of rotatable bonds is 6. The Bertz CT molecular complexity index is 438. The van der Waals surface area contributed by atoms with Gasteiger partial charge in [-0.2, -0.15) is 0 Å². The summed E-state index contributed by atoms with van der Waals surface area (Å²) in [5.74, 6) is 0.396. The molecule has 0 aliphatic heterocycles. The Kier molecular flexibility index (Phi) is 8.63. The van der Waals surface area contributed by atoms with Crippen LogP contribution >= 0.6 is 0 Å². The fraction of sp³-hybridized carbons (Fsp3) is 0.571. The first-order chi connectivity index (χ1) is 8.97. The van der Waals surface area contributed by atoms with Crippen LogP contribution in [0.5, 0.6) is 0 Å². The highest BCUT2D eigenvalue weighted by atomic mass is 32.2. The smallest absolute Gasteiger partial charge is 0.240 e. The standard InChI is InChI=1S/C12H19NO3S.C2H6/c1-10(2)11-4-6-12(7-5-11)17(14,15)13-8-9-16-3;1-2/h4-7,10,13H,8-9H2,1-3H3;1-2H3. The Morgan fingerprint density at radius 2 is 1.68 bits per heavy atom. The minimum atomic E-state index is -3.40. The van der Waals surface area contributed by atoms with Gasteiger partial charge in [0.2, 0.25) is 10.0 Å². The predicted octanol–water partition coefficient (Wildman–Crippen LogP) is 2.76. The molecular weight excluding hydrogens is 262 g/mol. The highest BCUT2D eigenvalue weighted by Gasteiger charge is 2.13. The van der Waals surface area contributed by atoms with Crippen LogP contribution in [0.3, 0.4) is 0 Å². The molecule has 0 atom stereocenters. The third-order valence-electron chi connectivity index (χ3n) is 2.46. The van der Waals surface area contributed by atoms with Crippen LogP contribution in [0, 0.1) is 0 Å². The Labute approximate surface area is 117 Å². The lowest BCUT2D eigenvalue weighted by atomic mass is 10.0. The first-order valence-electron chi connectivity index (χ1n) is 6.56. The Morgan fingerprint density at radius 1 is 1.16 bits per heavy atom. The second-order valence-corrected chi connectivity index (χ2v) is 5.88. The van der Waals surface area contributed by atoms with Crippen LogP contribution in [0.2, 0.25) is 0 Å². The monoisotopic (exact) mass is 287 g/mol. The summed E-state index contributed by atoms with van der Waals surface area (Å²) in [7, 11) is -1.87. The summed E-state index contributed by atoms with van der Waals surface area (Å²) in [4.78, 5) is 0.290. The SMILES string of the molecule is CC.COCCNS(=O)(=O)c1ccc(C(C)C)cc1. The van der Waals surface area contributed by atoms with E-state index in [1.54, 1.807) is 12.1 Å². The van der Waals surface area contributed by atoms with Gasteiger partial charge in [0, 0.05) is 13.7 Å². The third-order valence-corrected chi connectivity index (χ3v) is 3.93. The van der Waals surface area contributed by atoms with Crippen LogP contribution in [0.15, 0.2) is 29.2 Å². The highest BCUT2D eigenvalue weighted by Crippen LogP contribution is 2.16. The second-order valence-electron chi connectivity index (χ2n) is 4.11. The normalized spacial score (nSPS) is 11.1. The molecule has 0 heterocycles. The number of nitrogens with one attached hydrogen (secondary N) is 1. The number of sulfonamides is 1. The molecule has 0 bridgehead atoms. The van der Waals surface area contributed by atoms with Crippen LogP contribution in [0.4, 0.5) is 0 Å². The minimum Gasteiger partial charge on any atom is -0.383 e. The Morgan fingerprint density at radius 3 is 2.11 bits per heavy atom. The van der Waals surface area contributed by atoms with E-state index in [-0.39, 0.29) is 11.4 Å². The van der Waals surface area contributed by atoms with Crippen molar-refractivity contribution < 1.29 is 13.2 Å². The van der Waals surface area contributed by atoms with Crippen molar-refractivity contribution in [2.24, 2.45) is 0 Å². The molecule has 5 heteroatoms. The van der Waals surface area contributed by atoms with Crippen molar-refractivity contribution in [1.29, 1.82) is 0 Å². The maximum Gasteiger partial charge on any atom is 0.240 e. The maximum atomic E-state index is 11.8. The van der Waals surface area contributed by atoms with E-state index in [2.05, 4.69) is 18.6 Å². The van der Waals surface area contributed by atoms with Crippen LogP contribution in [0.1, 0.15) is 39.2 Å². The zero-order chi connectivity index (χ0) is 14.9. The first-order valence-corrected chi connectivity index (χ1v) is 8.04. The number of hydrogen-bond acceptors (Lipinski definition) is 3. The van der Waals surface area contributed by atoms with Crippen LogP contribution in [-0.2, 0) is 14.8 Å². The molecule has 110 valence electrons. The fourth-order valence-electron chi connectivity index (χ4n) is 1.39. The third kappa shape index (κ3) is 6.18. The van der Waals surface area contributed by atoms with Crippen LogP contribution in [0.25, 0.3) is 0 Å². The van der Waals surface area contributed by atoms with E-state index >= 15 is 0 Å². The van der Waals surface area contributed by atoms with Gasteiger partial charge < -0.3 is 4.74 Å². The number of ether oxygens (including phenoxy) is 1. The van der Waals surface area contributed by atoms with E-state index in [0.717, 1.165) is 5.56 Å². The molecule has 0 aliphatic carbocycles. The quantitative estimate of drug-likeness (QED) is 0.819. The molecule has 0 radical (unpaired) electrons. The molecule has 1 N–H and O–H groups in total. The van der Waals surface area contributed by atoms with Gasteiger partial charge in [-0.3, -0.25) is 0 Å². The van der Waals surface area contributed by atoms with Gasteiger partial charge in [-0.25, -0.2) is 13.1 Å². The van der Waals surface area contributed by atoms with Gasteiger partial charge in [-0.15, -0.1) is 0 Å². The average Bonchev–Trinajstić information content (AvgIpc) is 2.41. The van der Waals surface area contributed by atoms with Crippen molar-refractivity contribution in [2.45, 2.75) is 38.5 Å².